The number of hydrogen-bond acceptors (Lipinski definition) is 7. The third-order valence-corrected chi connectivity index (χ3v) is 5.98. The summed E-state index contributed by atoms with van der Waals surface area (Å²) < 4.78 is 41.9. The number of aliphatic hydroxyl groups is 1. The Hall–Kier alpha value is -4.58. The van der Waals surface area contributed by atoms with Gasteiger partial charge in [0.25, 0.3) is 5.56 Å². The first-order valence-electron chi connectivity index (χ1n) is 11.6. The molecule has 0 saturated carbocycles. The van der Waals surface area contributed by atoms with Gasteiger partial charge in [0.2, 0.25) is 0 Å². The Kier molecular flexibility index (Phi) is 6.64. The number of anilines is 1. The number of aliphatic hydroxyl groups excluding tert-OH is 1. The van der Waals surface area contributed by atoms with Crippen molar-refractivity contribution in [3.8, 4) is 16.9 Å². The largest absolute Gasteiger partial charge is 0.416 e. The van der Waals surface area contributed by atoms with E-state index >= 15 is 0 Å². The van der Waals surface area contributed by atoms with Gasteiger partial charge >= 0.3 is 6.18 Å². The summed E-state index contributed by atoms with van der Waals surface area (Å²) in [4.78, 5) is 27.8. The molecule has 9 nitrogen and oxygen atoms in total. The van der Waals surface area contributed by atoms with E-state index in [1.807, 2.05) is 0 Å². The lowest BCUT2D eigenvalue weighted by Crippen LogP contribution is -2.24. The standard InChI is InChI=1S/C26H22F3N7O2/c1-34(13-14-37)22-8-11-30-21(32-22)16-35-12-9-17(15-23(35)38)24-20-3-2-10-31-25(20)36(33-24)19-6-4-18(5-7-19)26(27,28)29/h2-12,15,37H,13-14,16H2,1H3. The van der Waals surface area contributed by atoms with Crippen LogP contribution in [0.5, 0.6) is 0 Å². The van der Waals surface area contributed by atoms with Crippen molar-refractivity contribution in [2.24, 2.45) is 0 Å². The van der Waals surface area contributed by atoms with E-state index in [9.17, 15) is 18.0 Å². The molecule has 4 heterocycles. The molecule has 0 amide bonds. The number of fused-ring (bicyclic) bond motifs is 1. The Labute approximate surface area is 214 Å². The number of rotatable bonds is 7. The highest BCUT2D eigenvalue weighted by Crippen LogP contribution is 2.31. The zero-order valence-corrected chi connectivity index (χ0v) is 20.2. The topological polar surface area (TPSA) is 102 Å². The predicted octanol–water partition coefficient (Wildman–Crippen LogP) is 3.53. The normalized spacial score (nSPS) is 11.7. The number of aromatic nitrogens is 6. The summed E-state index contributed by atoms with van der Waals surface area (Å²) in [6, 6.07) is 13.1. The van der Waals surface area contributed by atoms with Crippen LogP contribution in [0.3, 0.4) is 0 Å². The molecule has 0 radical (unpaired) electrons. The van der Waals surface area contributed by atoms with Gasteiger partial charge in [0.15, 0.2) is 5.65 Å². The van der Waals surface area contributed by atoms with Gasteiger partial charge in [0.1, 0.15) is 17.3 Å². The molecule has 1 aromatic carbocycles. The molecule has 0 bridgehead atoms. The minimum absolute atomic E-state index is 0.0183. The molecule has 0 atom stereocenters. The molecular weight excluding hydrogens is 499 g/mol. The Balaban J connectivity index is 1.48. The van der Waals surface area contributed by atoms with E-state index in [1.54, 1.807) is 54.8 Å². The van der Waals surface area contributed by atoms with Gasteiger partial charge in [0, 0.05) is 49.2 Å². The molecule has 4 aromatic heterocycles. The van der Waals surface area contributed by atoms with Gasteiger partial charge < -0.3 is 14.6 Å². The summed E-state index contributed by atoms with van der Waals surface area (Å²) in [5.74, 6) is 1.06. The maximum Gasteiger partial charge on any atom is 0.416 e. The van der Waals surface area contributed by atoms with Crippen molar-refractivity contribution < 1.29 is 18.3 Å². The molecule has 38 heavy (non-hydrogen) atoms. The third-order valence-electron chi connectivity index (χ3n) is 5.98. The van der Waals surface area contributed by atoms with Crippen molar-refractivity contribution in [3.05, 3.63) is 94.9 Å². The van der Waals surface area contributed by atoms with E-state index in [2.05, 4.69) is 20.1 Å². The quantitative estimate of drug-likeness (QED) is 0.350. The van der Waals surface area contributed by atoms with Crippen LogP contribution in [0.15, 0.2) is 78.0 Å². The SMILES string of the molecule is CN(CCO)c1ccnc(Cn2ccc(-c3nn(-c4ccc(C(F)(F)F)cc4)c4ncccc34)cc2=O)n1. The van der Waals surface area contributed by atoms with Crippen LogP contribution in [0.4, 0.5) is 19.0 Å². The third kappa shape index (κ3) is 4.98. The molecule has 194 valence electrons. The highest BCUT2D eigenvalue weighted by molar-refractivity contribution is 5.91. The number of nitrogens with zero attached hydrogens (tertiary/aromatic N) is 7. The van der Waals surface area contributed by atoms with E-state index in [-0.39, 0.29) is 18.7 Å². The van der Waals surface area contributed by atoms with E-state index in [4.69, 9.17) is 5.11 Å². The monoisotopic (exact) mass is 521 g/mol. The number of hydrogen-bond donors (Lipinski definition) is 1. The number of alkyl halides is 3. The second-order valence-electron chi connectivity index (χ2n) is 8.54. The Bertz CT molecular complexity index is 1650. The molecule has 0 saturated heterocycles. The van der Waals surface area contributed by atoms with Crippen LogP contribution in [0.2, 0.25) is 0 Å². The first kappa shape index (κ1) is 25.1. The van der Waals surface area contributed by atoms with Crippen LogP contribution in [0, 0.1) is 0 Å². The lowest BCUT2D eigenvalue weighted by Gasteiger charge is -2.17. The van der Waals surface area contributed by atoms with Crippen molar-refractivity contribution in [2.75, 3.05) is 25.1 Å². The van der Waals surface area contributed by atoms with E-state index < -0.39 is 11.7 Å². The van der Waals surface area contributed by atoms with Gasteiger partial charge in [-0.2, -0.15) is 18.3 Å². The van der Waals surface area contributed by atoms with Gasteiger partial charge in [0.05, 0.1) is 24.4 Å². The highest BCUT2D eigenvalue weighted by Gasteiger charge is 2.30. The van der Waals surface area contributed by atoms with Gasteiger partial charge in [-0.1, -0.05) is 0 Å². The average Bonchev–Trinajstić information content (AvgIpc) is 3.29. The molecule has 0 aliphatic heterocycles. The lowest BCUT2D eigenvalue weighted by molar-refractivity contribution is -0.137. The first-order valence-corrected chi connectivity index (χ1v) is 11.6. The number of pyridine rings is 2. The Morgan fingerprint density at radius 1 is 1.03 bits per heavy atom. The predicted molar refractivity (Wildman–Crippen MR) is 135 cm³/mol. The fourth-order valence-corrected chi connectivity index (χ4v) is 4.02. The molecular formula is C26H22F3N7O2. The summed E-state index contributed by atoms with van der Waals surface area (Å²) in [7, 11) is 1.80. The highest BCUT2D eigenvalue weighted by atomic mass is 19.4. The van der Waals surface area contributed by atoms with Gasteiger partial charge in [-0.25, -0.2) is 19.6 Å². The average molecular weight is 522 g/mol. The van der Waals surface area contributed by atoms with Gasteiger partial charge in [-0.3, -0.25) is 4.79 Å². The molecule has 5 rings (SSSR count). The zero-order valence-electron chi connectivity index (χ0n) is 20.2. The summed E-state index contributed by atoms with van der Waals surface area (Å²) >= 11 is 0. The zero-order chi connectivity index (χ0) is 26.9. The van der Waals surface area contributed by atoms with E-state index in [0.717, 1.165) is 12.1 Å². The number of benzene rings is 1. The fourth-order valence-electron chi connectivity index (χ4n) is 4.02. The lowest BCUT2D eigenvalue weighted by atomic mass is 10.1. The second kappa shape index (κ2) is 10.1. The smallest absolute Gasteiger partial charge is 0.395 e. The minimum Gasteiger partial charge on any atom is -0.395 e. The summed E-state index contributed by atoms with van der Waals surface area (Å²) in [5.41, 5.74) is 0.798. The minimum atomic E-state index is -4.44. The molecule has 5 aromatic rings. The number of likely N-dealkylation sites (N-methyl/N-ethyl adjacent to an activating group) is 1. The maximum atomic E-state index is 13.0. The fraction of sp³-hybridized carbons (Fsp3) is 0.192. The number of halogens is 3. The van der Waals surface area contributed by atoms with Crippen molar-refractivity contribution in [2.45, 2.75) is 12.7 Å². The maximum absolute atomic E-state index is 13.0. The summed E-state index contributed by atoms with van der Waals surface area (Å²) in [5, 5.41) is 14.4. The van der Waals surface area contributed by atoms with Crippen molar-refractivity contribution in [1.29, 1.82) is 0 Å². The molecule has 12 heteroatoms. The van der Waals surface area contributed by atoms with Crippen LogP contribution >= 0.6 is 0 Å². The Morgan fingerprint density at radius 3 is 2.53 bits per heavy atom. The second-order valence-corrected chi connectivity index (χ2v) is 8.54. The molecule has 0 spiro atoms. The molecule has 0 aliphatic rings. The van der Waals surface area contributed by atoms with Crippen LogP contribution in [-0.2, 0) is 12.7 Å². The van der Waals surface area contributed by atoms with Crippen molar-refractivity contribution in [1.82, 2.24) is 29.3 Å². The van der Waals surface area contributed by atoms with Crippen LogP contribution in [0.1, 0.15) is 11.4 Å². The first-order chi connectivity index (χ1) is 18.2. The van der Waals surface area contributed by atoms with Crippen LogP contribution in [0.25, 0.3) is 28.0 Å². The molecule has 0 aliphatic carbocycles. The van der Waals surface area contributed by atoms with E-state index in [0.29, 0.717) is 46.2 Å². The summed E-state index contributed by atoms with van der Waals surface area (Å²) in [6.07, 6.45) is 0.334. The van der Waals surface area contributed by atoms with Gasteiger partial charge in [-0.05, 0) is 48.5 Å². The van der Waals surface area contributed by atoms with Crippen LogP contribution < -0.4 is 10.5 Å². The van der Waals surface area contributed by atoms with Crippen LogP contribution in [-0.4, -0.2) is 54.6 Å². The Morgan fingerprint density at radius 2 is 1.82 bits per heavy atom. The molecule has 0 fully saturated rings. The van der Waals surface area contributed by atoms with Gasteiger partial charge in [-0.15, -0.1) is 0 Å². The molecule has 1 N–H and O–H groups in total. The summed E-state index contributed by atoms with van der Waals surface area (Å²) in [6.45, 7) is 0.533. The molecule has 0 unspecified atom stereocenters. The van der Waals surface area contributed by atoms with Crippen molar-refractivity contribution in [3.63, 3.8) is 0 Å². The van der Waals surface area contributed by atoms with E-state index in [1.165, 1.54) is 27.4 Å². The van der Waals surface area contributed by atoms with Crippen molar-refractivity contribution >= 4 is 16.9 Å².